The highest BCUT2D eigenvalue weighted by Crippen LogP contribution is 2.22. The van der Waals surface area contributed by atoms with Crippen LogP contribution in [0.1, 0.15) is 59.9 Å². The van der Waals surface area contributed by atoms with Crippen LogP contribution in [0.2, 0.25) is 0 Å². The molecule has 0 fully saturated rings. The highest BCUT2D eigenvalue weighted by atomic mass is 16.5. The van der Waals surface area contributed by atoms with Crippen molar-refractivity contribution in [3.8, 4) is 11.5 Å². The van der Waals surface area contributed by atoms with Crippen LogP contribution < -0.4 is 30.7 Å². The first-order valence-corrected chi connectivity index (χ1v) is 11.7. The Bertz CT molecular complexity index is 872. The number of methoxy groups -OCH3 is 2. The van der Waals surface area contributed by atoms with Gasteiger partial charge in [-0.05, 0) is 57.2 Å². The van der Waals surface area contributed by atoms with Crippen molar-refractivity contribution in [3.05, 3.63) is 23.8 Å². The fourth-order valence-electron chi connectivity index (χ4n) is 3.26. The molecular weight excluding hydrogens is 452 g/mol. The minimum absolute atomic E-state index is 0.0764. The molecule has 10 heteroatoms. The molecule has 35 heavy (non-hydrogen) atoms. The number of nitrogens with one attached hydrogen (secondary N) is 4. The molecule has 2 atom stereocenters. The lowest BCUT2D eigenvalue weighted by Crippen LogP contribution is -2.57. The zero-order valence-electron chi connectivity index (χ0n) is 22.0. The predicted molar refractivity (Wildman–Crippen MR) is 133 cm³/mol. The number of hydrogen-bond acceptors (Lipinski definition) is 6. The average Bonchev–Trinajstić information content (AvgIpc) is 2.77. The van der Waals surface area contributed by atoms with Crippen molar-refractivity contribution in [3.63, 3.8) is 0 Å². The summed E-state index contributed by atoms with van der Waals surface area (Å²) in [6.07, 6.45) is 0.589. The predicted octanol–water partition coefficient (Wildman–Crippen LogP) is 2.30. The number of carbonyl (C=O) groups excluding carboxylic acids is 4. The van der Waals surface area contributed by atoms with E-state index in [4.69, 9.17) is 9.47 Å². The van der Waals surface area contributed by atoms with E-state index in [1.54, 1.807) is 25.1 Å². The van der Waals surface area contributed by atoms with Crippen LogP contribution in [0.25, 0.3) is 0 Å². The third-order valence-electron chi connectivity index (χ3n) is 4.95. The summed E-state index contributed by atoms with van der Waals surface area (Å²) in [6, 6.07) is 2.77. The van der Waals surface area contributed by atoms with E-state index in [9.17, 15) is 19.2 Å². The van der Waals surface area contributed by atoms with Crippen LogP contribution in [0.3, 0.4) is 0 Å². The van der Waals surface area contributed by atoms with Gasteiger partial charge in [0.05, 0.1) is 20.3 Å². The smallest absolute Gasteiger partial charge is 0.315 e. The molecule has 1 unspecified atom stereocenters. The van der Waals surface area contributed by atoms with E-state index in [1.807, 2.05) is 34.6 Å². The van der Waals surface area contributed by atoms with Gasteiger partial charge in [-0.15, -0.1) is 0 Å². The number of ether oxygens (including phenoxy) is 2. The maximum atomic E-state index is 12.9. The molecule has 1 rings (SSSR count). The molecule has 0 aliphatic rings. The molecule has 0 bridgehead atoms. The van der Waals surface area contributed by atoms with E-state index in [2.05, 4.69) is 21.3 Å². The molecule has 196 valence electrons. The molecule has 1 aromatic rings. The van der Waals surface area contributed by atoms with Gasteiger partial charge in [-0.3, -0.25) is 14.4 Å². The summed E-state index contributed by atoms with van der Waals surface area (Å²) in [6.45, 7) is 11.1. The molecule has 4 N–H and O–H groups in total. The number of ketones is 1. The fraction of sp³-hybridized carbons (Fsp3) is 0.600. The zero-order valence-corrected chi connectivity index (χ0v) is 22.0. The molecule has 0 aromatic heterocycles. The van der Waals surface area contributed by atoms with Crippen molar-refractivity contribution in [1.82, 2.24) is 21.3 Å². The summed E-state index contributed by atoms with van der Waals surface area (Å²) in [5.41, 5.74) is 0.209. The number of carbonyl (C=O) groups is 4. The Morgan fingerprint density at radius 3 is 1.94 bits per heavy atom. The van der Waals surface area contributed by atoms with Crippen molar-refractivity contribution in [2.75, 3.05) is 14.2 Å². The van der Waals surface area contributed by atoms with Gasteiger partial charge in [-0.25, -0.2) is 4.79 Å². The molecule has 0 saturated heterocycles. The van der Waals surface area contributed by atoms with Crippen LogP contribution >= 0.6 is 0 Å². The SMILES string of the molecule is CCC(NC(=O)[C@H](CC(C)C)NC(=O)NC(C)(C)C)C(=O)C(=O)NCc1cc(OC)cc(OC)c1. The number of hydrogen-bond donors (Lipinski definition) is 4. The first-order valence-electron chi connectivity index (χ1n) is 11.7. The fourth-order valence-corrected chi connectivity index (χ4v) is 3.26. The van der Waals surface area contributed by atoms with Gasteiger partial charge in [0.25, 0.3) is 5.91 Å². The summed E-state index contributed by atoms with van der Waals surface area (Å²) in [5, 5.41) is 10.6. The lowest BCUT2D eigenvalue weighted by atomic mass is 10.0. The molecule has 10 nitrogen and oxygen atoms in total. The Morgan fingerprint density at radius 1 is 0.914 bits per heavy atom. The molecule has 0 saturated carbocycles. The van der Waals surface area contributed by atoms with Gasteiger partial charge in [0.1, 0.15) is 17.5 Å². The number of rotatable bonds is 12. The lowest BCUT2D eigenvalue weighted by Gasteiger charge is -2.26. The quantitative estimate of drug-likeness (QED) is 0.331. The lowest BCUT2D eigenvalue weighted by molar-refractivity contribution is -0.140. The molecule has 0 aliphatic heterocycles. The van der Waals surface area contributed by atoms with Gasteiger partial charge in [0.2, 0.25) is 11.7 Å². The summed E-state index contributed by atoms with van der Waals surface area (Å²) in [4.78, 5) is 50.5. The van der Waals surface area contributed by atoms with Crippen molar-refractivity contribution in [1.29, 1.82) is 0 Å². The van der Waals surface area contributed by atoms with Gasteiger partial charge >= 0.3 is 6.03 Å². The highest BCUT2D eigenvalue weighted by molar-refractivity contribution is 6.38. The second-order valence-corrected chi connectivity index (χ2v) is 9.77. The zero-order chi connectivity index (χ0) is 26.8. The first-order chi connectivity index (χ1) is 16.3. The van der Waals surface area contributed by atoms with E-state index in [-0.39, 0.29) is 18.9 Å². The van der Waals surface area contributed by atoms with Gasteiger partial charge in [0, 0.05) is 18.2 Å². The molecule has 4 amide bonds. The number of urea groups is 1. The van der Waals surface area contributed by atoms with Gasteiger partial charge in [-0.1, -0.05) is 20.8 Å². The molecular formula is C25H40N4O6. The number of amides is 4. The molecule has 0 aliphatic carbocycles. The van der Waals surface area contributed by atoms with Crippen LogP contribution in [0, 0.1) is 5.92 Å². The topological polar surface area (TPSA) is 135 Å². The minimum Gasteiger partial charge on any atom is -0.497 e. The second-order valence-electron chi connectivity index (χ2n) is 9.77. The van der Waals surface area contributed by atoms with E-state index >= 15 is 0 Å². The van der Waals surface area contributed by atoms with Crippen LogP contribution in [0.15, 0.2) is 18.2 Å². The molecule has 1 aromatic carbocycles. The monoisotopic (exact) mass is 492 g/mol. The number of Topliss-reactive ketones (excluding diaryl/α,β-unsaturated/α-hetero) is 1. The minimum atomic E-state index is -1.02. The van der Waals surface area contributed by atoms with Gasteiger partial charge in [-0.2, -0.15) is 0 Å². The maximum absolute atomic E-state index is 12.9. The Hall–Kier alpha value is -3.30. The Morgan fingerprint density at radius 2 is 1.49 bits per heavy atom. The van der Waals surface area contributed by atoms with Crippen LogP contribution in [-0.4, -0.2) is 55.5 Å². The van der Waals surface area contributed by atoms with Crippen LogP contribution in [-0.2, 0) is 20.9 Å². The largest absolute Gasteiger partial charge is 0.497 e. The van der Waals surface area contributed by atoms with E-state index < -0.39 is 41.3 Å². The van der Waals surface area contributed by atoms with E-state index in [0.717, 1.165) is 0 Å². The van der Waals surface area contributed by atoms with Gasteiger partial charge < -0.3 is 30.7 Å². The van der Waals surface area contributed by atoms with Crippen LogP contribution in [0.5, 0.6) is 11.5 Å². The van der Waals surface area contributed by atoms with Crippen LogP contribution in [0.4, 0.5) is 4.79 Å². The highest BCUT2D eigenvalue weighted by Gasteiger charge is 2.30. The molecule has 0 radical (unpaired) electrons. The van der Waals surface area contributed by atoms with Crippen molar-refractivity contribution < 1.29 is 28.7 Å². The van der Waals surface area contributed by atoms with Crippen molar-refractivity contribution in [2.24, 2.45) is 5.92 Å². The summed E-state index contributed by atoms with van der Waals surface area (Å²) < 4.78 is 10.4. The Kier molecular flexibility index (Phi) is 11.5. The van der Waals surface area contributed by atoms with E-state index in [0.29, 0.717) is 23.5 Å². The maximum Gasteiger partial charge on any atom is 0.315 e. The standard InChI is InChI=1S/C25H40N4O6/c1-9-19(27-22(31)20(10-15(2)3)28-24(33)29-25(4,5)6)21(30)23(32)26-14-16-11-17(34-7)13-18(12-16)35-8/h11-13,15,19-20H,9-10,14H2,1-8H3,(H,26,32)(H,27,31)(H2,28,29,33)/t19?,20-/m0/s1. The van der Waals surface area contributed by atoms with Gasteiger partial charge in [0.15, 0.2) is 0 Å². The third kappa shape index (κ3) is 10.7. The average molecular weight is 493 g/mol. The second kappa shape index (κ2) is 13.6. The Labute approximate surface area is 207 Å². The summed E-state index contributed by atoms with van der Waals surface area (Å²) in [5.74, 6) is -0.889. The summed E-state index contributed by atoms with van der Waals surface area (Å²) in [7, 11) is 3.03. The number of benzene rings is 1. The van der Waals surface area contributed by atoms with Crippen molar-refractivity contribution in [2.45, 2.75) is 78.6 Å². The Balaban J connectivity index is 2.83. The van der Waals surface area contributed by atoms with E-state index in [1.165, 1.54) is 14.2 Å². The normalized spacial score (nSPS) is 12.8. The van der Waals surface area contributed by atoms with Crippen molar-refractivity contribution >= 4 is 23.6 Å². The first kappa shape index (κ1) is 29.7. The molecule has 0 heterocycles. The molecule has 0 spiro atoms. The summed E-state index contributed by atoms with van der Waals surface area (Å²) >= 11 is 0. The third-order valence-corrected chi connectivity index (χ3v) is 4.95.